The second-order valence-corrected chi connectivity index (χ2v) is 6.45. The molecule has 7 nitrogen and oxygen atoms in total. The number of amides is 2. The Morgan fingerprint density at radius 3 is 2.14 bits per heavy atom. The predicted octanol–water partition coefficient (Wildman–Crippen LogP) is 4.05. The van der Waals surface area contributed by atoms with Crippen LogP contribution in [0.3, 0.4) is 0 Å². The summed E-state index contributed by atoms with van der Waals surface area (Å²) < 4.78 is 0. The number of anilines is 4. The van der Waals surface area contributed by atoms with Gasteiger partial charge in [-0.1, -0.05) is 12.1 Å². The van der Waals surface area contributed by atoms with Crippen molar-refractivity contribution in [2.24, 2.45) is 0 Å². The van der Waals surface area contributed by atoms with E-state index in [0.717, 1.165) is 22.5 Å². The van der Waals surface area contributed by atoms with Crippen LogP contribution in [0, 0.1) is 13.8 Å². The third-order valence-electron chi connectivity index (χ3n) is 4.02. The van der Waals surface area contributed by atoms with Gasteiger partial charge in [0.05, 0.1) is 5.56 Å². The SMILES string of the molecule is CC(=O)Nc1ccc(Nc2ncc(C(=O)Nc3cc(C)ccc3C)cn2)cc1. The summed E-state index contributed by atoms with van der Waals surface area (Å²) in [5, 5.41) is 8.64. The Balaban J connectivity index is 1.65. The number of aryl methyl sites for hydroxylation is 2. The van der Waals surface area contributed by atoms with Gasteiger partial charge >= 0.3 is 0 Å². The van der Waals surface area contributed by atoms with Crippen LogP contribution in [-0.2, 0) is 4.79 Å². The minimum Gasteiger partial charge on any atom is -0.326 e. The molecular formula is C21H21N5O2. The molecule has 0 saturated carbocycles. The largest absolute Gasteiger partial charge is 0.326 e. The molecule has 3 rings (SSSR count). The van der Waals surface area contributed by atoms with E-state index >= 15 is 0 Å². The summed E-state index contributed by atoms with van der Waals surface area (Å²) >= 11 is 0. The van der Waals surface area contributed by atoms with Crippen molar-refractivity contribution in [3.05, 3.63) is 71.5 Å². The minimum atomic E-state index is -0.264. The Morgan fingerprint density at radius 2 is 1.50 bits per heavy atom. The molecular weight excluding hydrogens is 354 g/mol. The molecule has 0 aliphatic rings. The molecule has 2 amide bonds. The lowest BCUT2D eigenvalue weighted by atomic mass is 10.1. The number of hydrogen-bond acceptors (Lipinski definition) is 5. The Labute approximate surface area is 163 Å². The van der Waals surface area contributed by atoms with Crippen molar-refractivity contribution >= 4 is 34.8 Å². The van der Waals surface area contributed by atoms with Crippen molar-refractivity contribution in [1.82, 2.24) is 9.97 Å². The van der Waals surface area contributed by atoms with Gasteiger partial charge in [-0.25, -0.2) is 9.97 Å². The number of carbonyl (C=O) groups is 2. The molecule has 0 unspecified atom stereocenters. The van der Waals surface area contributed by atoms with Gasteiger partial charge in [-0.2, -0.15) is 0 Å². The quantitative estimate of drug-likeness (QED) is 0.625. The van der Waals surface area contributed by atoms with Gasteiger partial charge in [0, 0.05) is 36.4 Å². The van der Waals surface area contributed by atoms with Crippen molar-refractivity contribution in [3.63, 3.8) is 0 Å². The van der Waals surface area contributed by atoms with Crippen molar-refractivity contribution in [1.29, 1.82) is 0 Å². The molecule has 142 valence electrons. The lowest BCUT2D eigenvalue weighted by Gasteiger charge is -2.10. The first kappa shape index (κ1) is 19.0. The summed E-state index contributed by atoms with van der Waals surface area (Å²) in [6.45, 7) is 5.37. The molecule has 0 fully saturated rings. The van der Waals surface area contributed by atoms with Gasteiger partial charge in [-0.05, 0) is 55.3 Å². The lowest BCUT2D eigenvalue weighted by Crippen LogP contribution is -2.14. The van der Waals surface area contributed by atoms with Crippen LogP contribution in [0.1, 0.15) is 28.4 Å². The zero-order chi connectivity index (χ0) is 20.1. The number of hydrogen-bond donors (Lipinski definition) is 3. The maximum atomic E-state index is 12.4. The summed E-state index contributed by atoms with van der Waals surface area (Å²) in [7, 11) is 0. The fraction of sp³-hybridized carbons (Fsp3) is 0.143. The third-order valence-corrected chi connectivity index (χ3v) is 4.02. The summed E-state index contributed by atoms with van der Waals surface area (Å²) in [6.07, 6.45) is 2.95. The number of nitrogens with zero attached hydrogens (tertiary/aromatic N) is 2. The van der Waals surface area contributed by atoms with Gasteiger partial charge in [0.2, 0.25) is 11.9 Å². The van der Waals surface area contributed by atoms with Gasteiger partial charge in [-0.15, -0.1) is 0 Å². The van der Waals surface area contributed by atoms with E-state index in [0.29, 0.717) is 17.2 Å². The zero-order valence-corrected chi connectivity index (χ0v) is 15.9. The van der Waals surface area contributed by atoms with E-state index in [9.17, 15) is 9.59 Å². The first-order valence-electron chi connectivity index (χ1n) is 8.76. The molecule has 0 spiro atoms. The maximum absolute atomic E-state index is 12.4. The number of nitrogens with one attached hydrogen (secondary N) is 3. The summed E-state index contributed by atoms with van der Waals surface area (Å²) in [6, 6.07) is 13.0. The van der Waals surface area contributed by atoms with Gasteiger partial charge in [0.1, 0.15) is 0 Å². The smallest absolute Gasteiger partial charge is 0.258 e. The van der Waals surface area contributed by atoms with Crippen LogP contribution in [0.25, 0.3) is 0 Å². The summed E-state index contributed by atoms with van der Waals surface area (Å²) in [4.78, 5) is 31.9. The molecule has 0 aliphatic carbocycles. The summed E-state index contributed by atoms with van der Waals surface area (Å²) in [5.41, 5.74) is 4.67. The monoisotopic (exact) mass is 375 g/mol. The first-order chi connectivity index (χ1) is 13.4. The summed E-state index contributed by atoms with van der Waals surface area (Å²) in [5.74, 6) is -0.0192. The first-order valence-corrected chi connectivity index (χ1v) is 8.76. The fourth-order valence-electron chi connectivity index (χ4n) is 2.54. The van der Waals surface area contributed by atoms with Crippen LogP contribution in [0.15, 0.2) is 54.9 Å². The molecule has 28 heavy (non-hydrogen) atoms. The predicted molar refractivity (Wildman–Crippen MR) is 110 cm³/mol. The zero-order valence-electron chi connectivity index (χ0n) is 15.9. The van der Waals surface area contributed by atoms with Crippen LogP contribution in [0.4, 0.5) is 23.0 Å². The van der Waals surface area contributed by atoms with E-state index in [1.54, 1.807) is 24.3 Å². The molecule has 0 atom stereocenters. The van der Waals surface area contributed by atoms with Crippen LogP contribution >= 0.6 is 0 Å². The van der Waals surface area contributed by atoms with E-state index in [4.69, 9.17) is 0 Å². The molecule has 7 heteroatoms. The van der Waals surface area contributed by atoms with Crippen molar-refractivity contribution in [3.8, 4) is 0 Å². The Morgan fingerprint density at radius 1 is 0.857 bits per heavy atom. The maximum Gasteiger partial charge on any atom is 0.258 e. The Bertz CT molecular complexity index is 998. The second-order valence-electron chi connectivity index (χ2n) is 6.45. The van der Waals surface area contributed by atoms with E-state index in [-0.39, 0.29) is 11.8 Å². The lowest BCUT2D eigenvalue weighted by molar-refractivity contribution is -0.114. The van der Waals surface area contributed by atoms with Crippen LogP contribution in [0.2, 0.25) is 0 Å². The van der Waals surface area contributed by atoms with Crippen molar-refractivity contribution in [2.75, 3.05) is 16.0 Å². The van der Waals surface area contributed by atoms with Gasteiger partial charge in [-0.3, -0.25) is 9.59 Å². The molecule has 1 aromatic heterocycles. The van der Waals surface area contributed by atoms with Crippen LogP contribution in [0.5, 0.6) is 0 Å². The molecule has 0 saturated heterocycles. The highest BCUT2D eigenvalue weighted by Gasteiger charge is 2.09. The van der Waals surface area contributed by atoms with Crippen molar-refractivity contribution in [2.45, 2.75) is 20.8 Å². The highest BCUT2D eigenvalue weighted by molar-refractivity contribution is 6.04. The topological polar surface area (TPSA) is 96.0 Å². The van der Waals surface area contributed by atoms with Gasteiger partial charge < -0.3 is 16.0 Å². The number of carbonyl (C=O) groups excluding carboxylic acids is 2. The Kier molecular flexibility index (Phi) is 5.64. The normalized spacial score (nSPS) is 10.2. The molecule has 3 N–H and O–H groups in total. The molecule has 3 aromatic rings. The highest BCUT2D eigenvalue weighted by atomic mass is 16.2. The van der Waals surface area contributed by atoms with Crippen LogP contribution < -0.4 is 16.0 Å². The van der Waals surface area contributed by atoms with E-state index in [1.807, 2.05) is 32.0 Å². The van der Waals surface area contributed by atoms with E-state index < -0.39 is 0 Å². The van der Waals surface area contributed by atoms with Gasteiger partial charge in [0.15, 0.2) is 0 Å². The molecule has 2 aromatic carbocycles. The molecule has 1 heterocycles. The third kappa shape index (κ3) is 4.91. The second kappa shape index (κ2) is 8.30. The van der Waals surface area contributed by atoms with Crippen molar-refractivity contribution < 1.29 is 9.59 Å². The minimum absolute atomic E-state index is 0.126. The number of aromatic nitrogens is 2. The van der Waals surface area contributed by atoms with E-state index in [1.165, 1.54) is 19.3 Å². The molecule has 0 radical (unpaired) electrons. The average molecular weight is 375 g/mol. The standard InChI is InChI=1S/C21H21N5O2/c1-13-4-5-14(2)19(10-13)26-20(28)16-11-22-21(23-12-16)25-18-8-6-17(7-9-18)24-15(3)27/h4-12H,1-3H3,(H,24,27)(H,26,28)(H,22,23,25). The fourth-order valence-corrected chi connectivity index (χ4v) is 2.54. The Hall–Kier alpha value is -3.74. The molecule has 0 bridgehead atoms. The van der Waals surface area contributed by atoms with Crippen LogP contribution in [-0.4, -0.2) is 21.8 Å². The molecule has 0 aliphatic heterocycles. The average Bonchev–Trinajstić information content (AvgIpc) is 2.66. The number of benzene rings is 2. The number of rotatable bonds is 5. The highest BCUT2D eigenvalue weighted by Crippen LogP contribution is 2.18. The van der Waals surface area contributed by atoms with Gasteiger partial charge in [0.25, 0.3) is 5.91 Å². The van der Waals surface area contributed by atoms with E-state index in [2.05, 4.69) is 25.9 Å².